The number of piperidine rings is 1. The van der Waals surface area contributed by atoms with E-state index in [1.165, 1.54) is 12.8 Å². The smallest absolute Gasteiger partial charge is 0.308 e. The Morgan fingerprint density at radius 2 is 1.81 bits per heavy atom. The standard InChI is InChI=1S/C16H28N2O3/c19-15(10-9-12-6-4-5-11-17-12)18-14-8-3-1-2-7-13(14)16(20)21/h12-14,17H,1-11H2,(H,18,19)(H,20,21). The molecule has 3 unspecified atom stereocenters. The van der Waals surface area contributed by atoms with Crippen LogP contribution in [0, 0.1) is 5.92 Å². The van der Waals surface area contributed by atoms with E-state index in [0.29, 0.717) is 18.9 Å². The molecule has 2 fully saturated rings. The second-order valence-corrected chi connectivity index (χ2v) is 6.44. The van der Waals surface area contributed by atoms with Gasteiger partial charge in [0.25, 0.3) is 0 Å². The third-order valence-electron chi connectivity index (χ3n) is 4.81. The van der Waals surface area contributed by atoms with Gasteiger partial charge in [-0.25, -0.2) is 0 Å². The van der Waals surface area contributed by atoms with Gasteiger partial charge < -0.3 is 15.7 Å². The molecule has 0 aromatic rings. The van der Waals surface area contributed by atoms with Gasteiger partial charge in [-0.1, -0.05) is 25.7 Å². The number of hydrogen-bond acceptors (Lipinski definition) is 3. The monoisotopic (exact) mass is 296 g/mol. The zero-order chi connectivity index (χ0) is 15.1. The summed E-state index contributed by atoms with van der Waals surface area (Å²) in [6.07, 6.45) is 9.49. The van der Waals surface area contributed by atoms with Gasteiger partial charge in [-0.05, 0) is 38.6 Å². The summed E-state index contributed by atoms with van der Waals surface area (Å²) in [6, 6.07) is 0.269. The van der Waals surface area contributed by atoms with Gasteiger partial charge in [0, 0.05) is 18.5 Å². The topological polar surface area (TPSA) is 78.4 Å². The normalized spacial score (nSPS) is 30.4. The number of carbonyl (C=O) groups excluding carboxylic acids is 1. The molecule has 0 radical (unpaired) electrons. The molecule has 1 aliphatic heterocycles. The van der Waals surface area contributed by atoms with Crippen molar-refractivity contribution in [3.63, 3.8) is 0 Å². The lowest BCUT2D eigenvalue weighted by atomic mass is 9.94. The Kier molecular flexibility index (Phi) is 6.49. The van der Waals surface area contributed by atoms with Crippen LogP contribution in [0.5, 0.6) is 0 Å². The van der Waals surface area contributed by atoms with E-state index in [-0.39, 0.29) is 11.9 Å². The molecule has 0 aromatic carbocycles. The molecule has 2 aliphatic rings. The number of carboxylic acid groups (broad SMARTS) is 1. The first kappa shape index (κ1) is 16.3. The maximum atomic E-state index is 12.1. The molecule has 5 nitrogen and oxygen atoms in total. The summed E-state index contributed by atoms with van der Waals surface area (Å²) in [5.41, 5.74) is 0. The van der Waals surface area contributed by atoms with Crippen LogP contribution in [0.2, 0.25) is 0 Å². The van der Waals surface area contributed by atoms with Gasteiger partial charge in [-0.3, -0.25) is 9.59 Å². The van der Waals surface area contributed by atoms with Gasteiger partial charge in [-0.2, -0.15) is 0 Å². The number of aliphatic carboxylic acids is 1. The minimum Gasteiger partial charge on any atom is -0.481 e. The highest BCUT2D eigenvalue weighted by Crippen LogP contribution is 2.24. The lowest BCUT2D eigenvalue weighted by Crippen LogP contribution is -2.43. The Morgan fingerprint density at radius 3 is 2.52 bits per heavy atom. The maximum Gasteiger partial charge on any atom is 0.308 e. The van der Waals surface area contributed by atoms with E-state index in [1.807, 2.05) is 0 Å². The van der Waals surface area contributed by atoms with Crippen LogP contribution in [0.15, 0.2) is 0 Å². The van der Waals surface area contributed by atoms with Crippen molar-refractivity contribution >= 4 is 11.9 Å². The van der Waals surface area contributed by atoms with E-state index in [2.05, 4.69) is 10.6 Å². The molecule has 1 amide bonds. The predicted molar refractivity (Wildman–Crippen MR) is 81.0 cm³/mol. The fourth-order valence-corrected chi connectivity index (χ4v) is 3.53. The third kappa shape index (κ3) is 5.30. The van der Waals surface area contributed by atoms with E-state index >= 15 is 0 Å². The van der Waals surface area contributed by atoms with Gasteiger partial charge >= 0.3 is 5.97 Å². The number of nitrogens with one attached hydrogen (secondary N) is 2. The predicted octanol–water partition coefficient (Wildman–Crippen LogP) is 2.06. The van der Waals surface area contributed by atoms with Crippen LogP contribution in [0.1, 0.15) is 64.2 Å². The molecule has 3 atom stereocenters. The maximum absolute atomic E-state index is 12.1. The first-order chi connectivity index (χ1) is 10.2. The third-order valence-corrected chi connectivity index (χ3v) is 4.81. The fourth-order valence-electron chi connectivity index (χ4n) is 3.53. The van der Waals surface area contributed by atoms with Gasteiger partial charge in [0.15, 0.2) is 0 Å². The summed E-state index contributed by atoms with van der Waals surface area (Å²) in [4.78, 5) is 23.4. The second-order valence-electron chi connectivity index (χ2n) is 6.44. The van der Waals surface area contributed by atoms with Gasteiger partial charge in [0.05, 0.1) is 5.92 Å². The summed E-state index contributed by atoms with van der Waals surface area (Å²) < 4.78 is 0. The first-order valence-electron chi connectivity index (χ1n) is 8.42. The summed E-state index contributed by atoms with van der Waals surface area (Å²) in [5, 5.41) is 15.7. The molecule has 0 aromatic heterocycles. The Labute approximate surface area is 126 Å². The Bertz CT molecular complexity index is 353. The van der Waals surface area contributed by atoms with Crippen LogP contribution in [-0.2, 0) is 9.59 Å². The van der Waals surface area contributed by atoms with E-state index in [4.69, 9.17) is 0 Å². The average Bonchev–Trinajstić information content (AvgIpc) is 2.72. The molecule has 1 heterocycles. The van der Waals surface area contributed by atoms with E-state index in [9.17, 15) is 14.7 Å². The minimum absolute atomic E-state index is 0.0144. The van der Waals surface area contributed by atoms with Crippen LogP contribution >= 0.6 is 0 Å². The van der Waals surface area contributed by atoms with E-state index in [1.54, 1.807) is 0 Å². The van der Waals surface area contributed by atoms with Gasteiger partial charge in [-0.15, -0.1) is 0 Å². The van der Waals surface area contributed by atoms with Crippen LogP contribution in [0.4, 0.5) is 0 Å². The summed E-state index contributed by atoms with van der Waals surface area (Å²) in [5.74, 6) is -1.17. The molecule has 5 heteroatoms. The zero-order valence-electron chi connectivity index (χ0n) is 12.8. The fraction of sp³-hybridized carbons (Fsp3) is 0.875. The minimum atomic E-state index is -0.767. The second kappa shape index (κ2) is 8.37. The highest BCUT2D eigenvalue weighted by molar-refractivity contribution is 5.78. The van der Waals surface area contributed by atoms with Gasteiger partial charge in [0.2, 0.25) is 5.91 Å². The molecule has 120 valence electrons. The molecule has 1 aliphatic carbocycles. The van der Waals surface area contributed by atoms with Crippen molar-refractivity contribution in [3.8, 4) is 0 Å². The SMILES string of the molecule is O=C(CCC1CCCCN1)NC1CCCCCC1C(=O)O. The molecule has 2 rings (SSSR count). The van der Waals surface area contributed by atoms with E-state index in [0.717, 1.165) is 45.1 Å². The quantitative estimate of drug-likeness (QED) is 0.679. The van der Waals surface area contributed by atoms with Crippen LogP contribution in [0.3, 0.4) is 0 Å². The lowest BCUT2D eigenvalue weighted by Gasteiger charge is -2.25. The van der Waals surface area contributed by atoms with Gasteiger partial charge in [0.1, 0.15) is 0 Å². The van der Waals surface area contributed by atoms with Crippen molar-refractivity contribution in [2.75, 3.05) is 6.54 Å². The van der Waals surface area contributed by atoms with Crippen LogP contribution < -0.4 is 10.6 Å². The highest BCUT2D eigenvalue weighted by atomic mass is 16.4. The molecule has 0 bridgehead atoms. The average molecular weight is 296 g/mol. The largest absolute Gasteiger partial charge is 0.481 e. The Hall–Kier alpha value is -1.10. The number of amides is 1. The molecule has 1 saturated heterocycles. The van der Waals surface area contributed by atoms with Crippen molar-refractivity contribution in [2.45, 2.75) is 76.3 Å². The molecular formula is C16H28N2O3. The lowest BCUT2D eigenvalue weighted by molar-refractivity contribution is -0.143. The molecular weight excluding hydrogens is 268 g/mol. The summed E-state index contributed by atoms with van der Waals surface area (Å²) in [7, 11) is 0. The number of hydrogen-bond donors (Lipinski definition) is 3. The number of carbonyl (C=O) groups is 2. The first-order valence-corrected chi connectivity index (χ1v) is 8.42. The highest BCUT2D eigenvalue weighted by Gasteiger charge is 2.30. The summed E-state index contributed by atoms with van der Waals surface area (Å²) in [6.45, 7) is 1.05. The van der Waals surface area contributed by atoms with Crippen molar-refractivity contribution < 1.29 is 14.7 Å². The van der Waals surface area contributed by atoms with Crippen molar-refractivity contribution in [1.29, 1.82) is 0 Å². The van der Waals surface area contributed by atoms with Crippen LogP contribution in [0.25, 0.3) is 0 Å². The van der Waals surface area contributed by atoms with Crippen molar-refractivity contribution in [3.05, 3.63) is 0 Å². The number of carboxylic acids is 1. The van der Waals surface area contributed by atoms with E-state index < -0.39 is 11.9 Å². The summed E-state index contributed by atoms with van der Waals surface area (Å²) >= 11 is 0. The molecule has 1 saturated carbocycles. The Morgan fingerprint density at radius 1 is 1.05 bits per heavy atom. The van der Waals surface area contributed by atoms with Crippen molar-refractivity contribution in [1.82, 2.24) is 10.6 Å². The molecule has 0 spiro atoms. The Balaban J connectivity index is 1.77. The van der Waals surface area contributed by atoms with Crippen molar-refractivity contribution in [2.24, 2.45) is 5.92 Å². The molecule has 3 N–H and O–H groups in total. The van der Waals surface area contributed by atoms with Crippen LogP contribution in [-0.4, -0.2) is 35.6 Å². The number of rotatable bonds is 5. The molecule has 21 heavy (non-hydrogen) atoms. The zero-order valence-corrected chi connectivity index (χ0v) is 12.8.